The third kappa shape index (κ3) is 4.77. The largest absolute Gasteiger partial charge is 0.480 e. The van der Waals surface area contributed by atoms with Crippen molar-refractivity contribution in [2.24, 2.45) is 0 Å². The number of aryl methyl sites for hydroxylation is 1. The minimum Gasteiger partial charge on any atom is -0.480 e. The van der Waals surface area contributed by atoms with Crippen LogP contribution in [0.25, 0.3) is 5.69 Å². The van der Waals surface area contributed by atoms with Crippen molar-refractivity contribution in [3.63, 3.8) is 0 Å². The number of nitro groups is 1. The van der Waals surface area contributed by atoms with Gasteiger partial charge in [0.2, 0.25) is 0 Å². The van der Waals surface area contributed by atoms with Crippen LogP contribution in [0.5, 0.6) is 5.75 Å². The summed E-state index contributed by atoms with van der Waals surface area (Å²) in [4.78, 5) is 22.9. The third-order valence-electron chi connectivity index (χ3n) is 3.95. The van der Waals surface area contributed by atoms with Crippen molar-refractivity contribution in [1.29, 1.82) is 0 Å². The van der Waals surface area contributed by atoms with Crippen molar-refractivity contribution in [3.05, 3.63) is 74.6 Å². The highest BCUT2D eigenvalue weighted by Gasteiger charge is 2.19. The van der Waals surface area contributed by atoms with E-state index in [9.17, 15) is 19.3 Å². The molecule has 10 heteroatoms. The van der Waals surface area contributed by atoms with Crippen LogP contribution < -0.4 is 10.1 Å². The van der Waals surface area contributed by atoms with E-state index in [0.717, 1.165) is 0 Å². The molecule has 1 aromatic heterocycles. The zero-order valence-electron chi connectivity index (χ0n) is 15.4. The molecule has 1 amide bonds. The fourth-order valence-corrected chi connectivity index (χ4v) is 2.99. The molecule has 0 aliphatic heterocycles. The number of nitrogens with one attached hydrogen (secondary N) is 1. The van der Waals surface area contributed by atoms with E-state index in [0.29, 0.717) is 27.4 Å². The van der Waals surface area contributed by atoms with E-state index < -0.39 is 22.8 Å². The molecule has 1 N–H and O–H groups in total. The number of nitro benzene ring substituents is 1. The molecular formula is C19H16BrFN4O4. The Hall–Kier alpha value is -3.27. The highest BCUT2D eigenvalue weighted by atomic mass is 79.9. The molecule has 8 nitrogen and oxygen atoms in total. The fraction of sp³-hybridized carbons (Fsp3) is 0.158. The van der Waals surface area contributed by atoms with Gasteiger partial charge in [-0.25, -0.2) is 9.07 Å². The van der Waals surface area contributed by atoms with Crippen LogP contribution >= 0.6 is 15.9 Å². The number of benzene rings is 2. The van der Waals surface area contributed by atoms with Gasteiger partial charge in [0, 0.05) is 18.2 Å². The highest BCUT2D eigenvalue weighted by molar-refractivity contribution is 9.10. The number of carbonyl (C=O) groups is 1. The Balaban J connectivity index is 1.77. The summed E-state index contributed by atoms with van der Waals surface area (Å²) in [5.74, 6) is -0.155. The number of carbonyl (C=O) groups excluding carboxylic acids is 1. The van der Waals surface area contributed by atoms with Crippen molar-refractivity contribution in [2.75, 3.05) is 5.32 Å². The zero-order chi connectivity index (χ0) is 21.1. The van der Waals surface area contributed by atoms with Crippen LogP contribution in [0.1, 0.15) is 12.6 Å². The van der Waals surface area contributed by atoms with Crippen LogP contribution in [0.2, 0.25) is 0 Å². The summed E-state index contributed by atoms with van der Waals surface area (Å²) in [6, 6.07) is 11.4. The van der Waals surface area contributed by atoms with E-state index in [1.807, 2.05) is 0 Å². The molecule has 0 saturated carbocycles. The first-order chi connectivity index (χ1) is 13.7. The van der Waals surface area contributed by atoms with Crippen molar-refractivity contribution in [1.82, 2.24) is 9.78 Å². The second kappa shape index (κ2) is 8.39. The molecule has 0 saturated heterocycles. The van der Waals surface area contributed by atoms with Gasteiger partial charge >= 0.3 is 0 Å². The lowest BCUT2D eigenvalue weighted by Crippen LogP contribution is -2.31. The third-order valence-corrected chi connectivity index (χ3v) is 4.57. The number of ether oxygens (including phenoxy) is 1. The molecule has 1 atom stereocenters. The van der Waals surface area contributed by atoms with Crippen LogP contribution in [0, 0.1) is 22.9 Å². The van der Waals surface area contributed by atoms with Gasteiger partial charge in [-0.05, 0) is 60.1 Å². The standard InChI is InChI=1S/C19H16BrFN4O4/c1-11-9-18(24(23-11)14-4-6-15(7-5-14)25(27)28)22-19(26)12(2)29-17-8-3-13(21)10-16(17)20/h3-10,12H,1-2H3,(H,22,26). The van der Waals surface area contributed by atoms with Gasteiger partial charge in [-0.2, -0.15) is 5.10 Å². The van der Waals surface area contributed by atoms with Gasteiger partial charge in [-0.3, -0.25) is 14.9 Å². The molecule has 2 aromatic carbocycles. The number of hydrogen-bond donors (Lipinski definition) is 1. The molecule has 1 unspecified atom stereocenters. The quantitative estimate of drug-likeness (QED) is 0.432. The molecule has 29 heavy (non-hydrogen) atoms. The fourth-order valence-electron chi connectivity index (χ4n) is 2.54. The zero-order valence-corrected chi connectivity index (χ0v) is 17.0. The number of halogens is 2. The summed E-state index contributed by atoms with van der Waals surface area (Å²) in [6.07, 6.45) is -0.878. The highest BCUT2D eigenvalue weighted by Crippen LogP contribution is 2.27. The lowest BCUT2D eigenvalue weighted by molar-refractivity contribution is -0.384. The van der Waals surface area contributed by atoms with E-state index in [2.05, 4.69) is 26.3 Å². The van der Waals surface area contributed by atoms with Crippen LogP contribution in [0.3, 0.4) is 0 Å². The maximum atomic E-state index is 13.2. The second-order valence-electron chi connectivity index (χ2n) is 6.18. The molecule has 3 rings (SSSR count). The average Bonchev–Trinajstić information content (AvgIpc) is 3.04. The van der Waals surface area contributed by atoms with E-state index in [1.165, 1.54) is 47.1 Å². The van der Waals surface area contributed by atoms with Crippen molar-refractivity contribution < 1.29 is 18.8 Å². The number of nitrogens with zero attached hydrogens (tertiary/aromatic N) is 3. The van der Waals surface area contributed by atoms with Crippen molar-refractivity contribution in [2.45, 2.75) is 20.0 Å². The molecule has 1 heterocycles. The van der Waals surface area contributed by atoms with E-state index >= 15 is 0 Å². The molecule has 0 aliphatic rings. The van der Waals surface area contributed by atoms with Gasteiger partial charge in [-0.15, -0.1) is 0 Å². The van der Waals surface area contributed by atoms with Crippen molar-refractivity contribution in [3.8, 4) is 11.4 Å². The summed E-state index contributed by atoms with van der Waals surface area (Å²) in [6.45, 7) is 3.32. The summed E-state index contributed by atoms with van der Waals surface area (Å²) in [5, 5.41) is 17.9. The first kappa shape index (κ1) is 20.5. The maximum Gasteiger partial charge on any atom is 0.269 e. The Morgan fingerprint density at radius 1 is 1.28 bits per heavy atom. The van der Waals surface area contributed by atoms with Gasteiger partial charge in [0.15, 0.2) is 6.10 Å². The predicted molar refractivity (Wildman–Crippen MR) is 108 cm³/mol. The first-order valence-electron chi connectivity index (χ1n) is 8.48. The van der Waals surface area contributed by atoms with E-state index in [4.69, 9.17) is 4.74 Å². The number of amides is 1. The van der Waals surface area contributed by atoms with Gasteiger partial charge in [0.25, 0.3) is 11.6 Å². The van der Waals surface area contributed by atoms with Crippen molar-refractivity contribution >= 4 is 33.3 Å². The summed E-state index contributed by atoms with van der Waals surface area (Å²) in [7, 11) is 0. The van der Waals surface area contributed by atoms with Gasteiger partial charge in [-0.1, -0.05) is 0 Å². The molecule has 0 aliphatic carbocycles. The Bertz CT molecular complexity index is 1070. The lowest BCUT2D eigenvalue weighted by Gasteiger charge is -2.16. The summed E-state index contributed by atoms with van der Waals surface area (Å²) < 4.78 is 20.7. The number of rotatable bonds is 6. The van der Waals surface area contributed by atoms with Gasteiger partial charge < -0.3 is 10.1 Å². The molecule has 0 radical (unpaired) electrons. The topological polar surface area (TPSA) is 99.3 Å². The van der Waals surface area contributed by atoms with Crippen LogP contribution in [-0.4, -0.2) is 26.7 Å². The van der Waals surface area contributed by atoms with Crippen LogP contribution in [-0.2, 0) is 4.79 Å². The average molecular weight is 463 g/mol. The molecule has 0 spiro atoms. The van der Waals surface area contributed by atoms with Crippen LogP contribution in [0.4, 0.5) is 15.9 Å². The molecule has 150 valence electrons. The lowest BCUT2D eigenvalue weighted by atomic mass is 10.3. The maximum absolute atomic E-state index is 13.2. The molecule has 0 bridgehead atoms. The number of hydrogen-bond acceptors (Lipinski definition) is 5. The van der Waals surface area contributed by atoms with Crippen LogP contribution in [0.15, 0.2) is 53.0 Å². The van der Waals surface area contributed by atoms with E-state index in [1.54, 1.807) is 19.9 Å². The minimum atomic E-state index is -0.878. The minimum absolute atomic E-state index is 0.0462. The monoisotopic (exact) mass is 462 g/mol. The smallest absolute Gasteiger partial charge is 0.269 e. The van der Waals surface area contributed by atoms with Gasteiger partial charge in [0.1, 0.15) is 17.4 Å². The normalized spacial score (nSPS) is 11.7. The van der Waals surface area contributed by atoms with E-state index in [-0.39, 0.29) is 5.69 Å². The number of anilines is 1. The molecule has 3 aromatic rings. The van der Waals surface area contributed by atoms with Gasteiger partial charge in [0.05, 0.1) is 20.8 Å². The summed E-state index contributed by atoms with van der Waals surface area (Å²) >= 11 is 3.19. The molecule has 0 fully saturated rings. The SMILES string of the molecule is Cc1cc(NC(=O)C(C)Oc2ccc(F)cc2Br)n(-c2ccc([N+](=O)[O-])cc2)n1. The molecular weight excluding hydrogens is 447 g/mol. The Kier molecular flexibility index (Phi) is 5.92. The first-order valence-corrected chi connectivity index (χ1v) is 9.28. The number of non-ortho nitro benzene ring substituents is 1. The Morgan fingerprint density at radius 2 is 1.97 bits per heavy atom. The summed E-state index contributed by atoms with van der Waals surface area (Å²) in [5.41, 5.74) is 1.15. The second-order valence-corrected chi connectivity index (χ2v) is 7.03. The predicted octanol–water partition coefficient (Wildman–Crippen LogP) is 4.40. The Labute approximate surface area is 173 Å². The Morgan fingerprint density at radius 3 is 2.59 bits per heavy atom. The number of aromatic nitrogens is 2.